The molecule has 0 unspecified atom stereocenters. The van der Waals surface area contributed by atoms with Gasteiger partial charge in [0.2, 0.25) is 0 Å². The lowest BCUT2D eigenvalue weighted by molar-refractivity contribution is 0.111. The van der Waals surface area contributed by atoms with Gasteiger partial charge in [0.05, 0.1) is 0 Å². The Kier molecular flexibility index (Phi) is 2.58. The minimum absolute atomic E-state index is 0.372. The van der Waals surface area contributed by atoms with Gasteiger partial charge in [0.1, 0.15) is 0 Å². The second kappa shape index (κ2) is 4.04. The normalized spacial score (nSPS) is 10.2. The summed E-state index contributed by atoms with van der Waals surface area (Å²) in [5.41, 5.74) is 0.924. The summed E-state index contributed by atoms with van der Waals surface area (Å²) in [7, 11) is 0. The maximum atomic E-state index is 10.7. The standard InChI is InChI=1S/C11H11N3O/c1-2-14-10(8-15)12-11(13-14)9-6-4-3-5-7-9/h3-8H,2H2,1H3. The fourth-order valence-electron chi connectivity index (χ4n) is 1.38. The summed E-state index contributed by atoms with van der Waals surface area (Å²) in [5.74, 6) is 0.968. The van der Waals surface area contributed by atoms with Crippen LogP contribution < -0.4 is 0 Å². The number of aromatic nitrogens is 3. The monoisotopic (exact) mass is 201 g/mol. The van der Waals surface area contributed by atoms with Crippen LogP contribution in [-0.4, -0.2) is 21.1 Å². The first-order valence-corrected chi connectivity index (χ1v) is 4.80. The molecule has 1 heterocycles. The maximum Gasteiger partial charge on any atom is 0.191 e. The molecule has 0 amide bonds. The van der Waals surface area contributed by atoms with Crippen molar-refractivity contribution in [2.45, 2.75) is 13.5 Å². The van der Waals surface area contributed by atoms with Crippen LogP contribution in [0.5, 0.6) is 0 Å². The van der Waals surface area contributed by atoms with E-state index < -0.39 is 0 Å². The van der Waals surface area contributed by atoms with Gasteiger partial charge in [0.25, 0.3) is 0 Å². The van der Waals surface area contributed by atoms with E-state index in [1.807, 2.05) is 37.3 Å². The van der Waals surface area contributed by atoms with E-state index in [0.29, 0.717) is 18.2 Å². The van der Waals surface area contributed by atoms with Crippen LogP contribution in [0, 0.1) is 0 Å². The van der Waals surface area contributed by atoms with Crippen molar-refractivity contribution in [2.24, 2.45) is 0 Å². The SMILES string of the molecule is CCn1nc(-c2ccccc2)nc1C=O. The van der Waals surface area contributed by atoms with Crippen LogP contribution in [0.3, 0.4) is 0 Å². The summed E-state index contributed by atoms with van der Waals surface area (Å²) in [6.45, 7) is 2.57. The van der Waals surface area contributed by atoms with Gasteiger partial charge in [-0.25, -0.2) is 9.67 Å². The van der Waals surface area contributed by atoms with E-state index in [2.05, 4.69) is 10.1 Å². The van der Waals surface area contributed by atoms with Crippen LogP contribution in [0.25, 0.3) is 11.4 Å². The van der Waals surface area contributed by atoms with Gasteiger partial charge < -0.3 is 0 Å². The number of benzene rings is 1. The van der Waals surface area contributed by atoms with Crippen LogP contribution >= 0.6 is 0 Å². The minimum atomic E-state index is 0.372. The van der Waals surface area contributed by atoms with E-state index in [4.69, 9.17) is 0 Å². The Hall–Kier alpha value is -1.97. The molecule has 1 aromatic carbocycles. The molecule has 0 aliphatic rings. The first kappa shape index (κ1) is 9.58. The number of hydrogen-bond acceptors (Lipinski definition) is 3. The summed E-state index contributed by atoms with van der Waals surface area (Å²) in [6.07, 6.45) is 0.725. The number of aryl methyl sites for hydroxylation is 1. The van der Waals surface area contributed by atoms with Crippen molar-refractivity contribution in [3.8, 4) is 11.4 Å². The van der Waals surface area contributed by atoms with Gasteiger partial charge in [0.15, 0.2) is 17.9 Å². The second-order valence-electron chi connectivity index (χ2n) is 3.09. The Morgan fingerprint density at radius 2 is 2.07 bits per heavy atom. The third-order valence-electron chi connectivity index (χ3n) is 2.14. The molecule has 2 rings (SSSR count). The molecule has 0 N–H and O–H groups in total. The number of rotatable bonds is 3. The predicted molar refractivity (Wildman–Crippen MR) is 56.5 cm³/mol. The topological polar surface area (TPSA) is 47.8 Å². The van der Waals surface area contributed by atoms with E-state index in [-0.39, 0.29) is 0 Å². The Morgan fingerprint density at radius 3 is 2.60 bits per heavy atom. The zero-order valence-electron chi connectivity index (χ0n) is 8.42. The molecule has 0 radical (unpaired) electrons. The fourth-order valence-corrected chi connectivity index (χ4v) is 1.38. The summed E-state index contributed by atoms with van der Waals surface area (Å²) in [4.78, 5) is 14.9. The van der Waals surface area contributed by atoms with Crippen LogP contribution in [0.4, 0.5) is 0 Å². The number of carbonyl (C=O) groups excluding carboxylic acids is 1. The molecule has 0 aliphatic heterocycles. The molecule has 4 nitrogen and oxygen atoms in total. The highest BCUT2D eigenvalue weighted by Crippen LogP contribution is 2.14. The van der Waals surface area contributed by atoms with Crippen molar-refractivity contribution in [2.75, 3.05) is 0 Å². The van der Waals surface area contributed by atoms with E-state index in [9.17, 15) is 4.79 Å². The minimum Gasteiger partial charge on any atom is -0.294 e. The fraction of sp³-hybridized carbons (Fsp3) is 0.182. The lowest BCUT2D eigenvalue weighted by Gasteiger charge is -1.94. The highest BCUT2D eigenvalue weighted by molar-refractivity contribution is 5.70. The Bertz CT molecular complexity index is 462. The molecular formula is C11H11N3O. The van der Waals surface area contributed by atoms with Gasteiger partial charge in [-0.2, -0.15) is 5.10 Å². The zero-order chi connectivity index (χ0) is 10.7. The van der Waals surface area contributed by atoms with Crippen molar-refractivity contribution < 1.29 is 4.79 Å². The van der Waals surface area contributed by atoms with Gasteiger partial charge in [-0.1, -0.05) is 30.3 Å². The lowest BCUT2D eigenvalue weighted by atomic mass is 10.2. The van der Waals surface area contributed by atoms with Crippen LogP contribution in [0.2, 0.25) is 0 Å². The van der Waals surface area contributed by atoms with Crippen LogP contribution in [0.1, 0.15) is 17.5 Å². The van der Waals surface area contributed by atoms with Gasteiger partial charge in [-0.3, -0.25) is 4.79 Å². The van der Waals surface area contributed by atoms with Gasteiger partial charge in [-0.15, -0.1) is 0 Å². The average Bonchev–Trinajstić information content (AvgIpc) is 2.73. The van der Waals surface area contributed by atoms with Gasteiger partial charge >= 0.3 is 0 Å². The lowest BCUT2D eigenvalue weighted by Crippen LogP contribution is -2.01. The molecule has 0 saturated carbocycles. The third kappa shape index (κ3) is 1.79. The molecule has 2 aromatic rings. The average molecular weight is 201 g/mol. The Morgan fingerprint density at radius 1 is 1.33 bits per heavy atom. The van der Waals surface area contributed by atoms with E-state index in [1.165, 1.54) is 0 Å². The molecule has 76 valence electrons. The predicted octanol–water partition coefficient (Wildman–Crippen LogP) is 1.78. The molecule has 15 heavy (non-hydrogen) atoms. The maximum absolute atomic E-state index is 10.7. The highest BCUT2D eigenvalue weighted by Gasteiger charge is 2.08. The first-order valence-electron chi connectivity index (χ1n) is 4.80. The van der Waals surface area contributed by atoms with Crippen LogP contribution in [0.15, 0.2) is 30.3 Å². The number of nitrogens with zero attached hydrogens (tertiary/aromatic N) is 3. The Balaban J connectivity index is 2.46. The second-order valence-corrected chi connectivity index (χ2v) is 3.09. The third-order valence-corrected chi connectivity index (χ3v) is 2.14. The molecule has 0 fully saturated rings. The summed E-state index contributed by atoms with van der Waals surface area (Å²) >= 11 is 0. The summed E-state index contributed by atoms with van der Waals surface area (Å²) < 4.78 is 1.59. The first-order chi connectivity index (χ1) is 7.35. The van der Waals surface area contributed by atoms with Gasteiger partial charge in [0, 0.05) is 12.1 Å². The van der Waals surface area contributed by atoms with Crippen molar-refractivity contribution in [1.29, 1.82) is 0 Å². The number of aldehydes is 1. The summed E-state index contributed by atoms with van der Waals surface area (Å²) in [6, 6.07) is 9.61. The van der Waals surface area contributed by atoms with Crippen molar-refractivity contribution in [3.05, 3.63) is 36.2 Å². The van der Waals surface area contributed by atoms with Crippen molar-refractivity contribution in [1.82, 2.24) is 14.8 Å². The zero-order valence-corrected chi connectivity index (χ0v) is 8.42. The molecule has 0 atom stereocenters. The number of hydrogen-bond donors (Lipinski definition) is 0. The molecule has 0 saturated heterocycles. The largest absolute Gasteiger partial charge is 0.294 e. The van der Waals surface area contributed by atoms with Crippen molar-refractivity contribution >= 4 is 6.29 Å². The molecule has 0 spiro atoms. The molecular weight excluding hydrogens is 190 g/mol. The van der Waals surface area contributed by atoms with Crippen LogP contribution in [-0.2, 0) is 6.54 Å². The molecule has 4 heteroatoms. The smallest absolute Gasteiger partial charge is 0.191 e. The molecule has 1 aromatic heterocycles. The summed E-state index contributed by atoms with van der Waals surface area (Å²) in [5, 5.41) is 4.24. The number of carbonyl (C=O) groups is 1. The Labute approximate surface area is 87.6 Å². The highest BCUT2D eigenvalue weighted by atomic mass is 16.1. The van der Waals surface area contributed by atoms with Gasteiger partial charge in [-0.05, 0) is 6.92 Å². The van der Waals surface area contributed by atoms with Crippen molar-refractivity contribution in [3.63, 3.8) is 0 Å². The van der Waals surface area contributed by atoms with E-state index in [1.54, 1.807) is 4.68 Å². The van der Waals surface area contributed by atoms with E-state index in [0.717, 1.165) is 11.8 Å². The molecule has 0 aliphatic carbocycles. The van der Waals surface area contributed by atoms with E-state index >= 15 is 0 Å². The molecule has 0 bridgehead atoms. The quantitative estimate of drug-likeness (QED) is 0.711.